The number of aromatic nitrogens is 2. The van der Waals surface area contributed by atoms with Crippen LogP contribution in [0.4, 0.5) is 4.39 Å². The molecule has 1 aliphatic rings. The van der Waals surface area contributed by atoms with Gasteiger partial charge in [0, 0.05) is 5.54 Å². The molecule has 0 radical (unpaired) electrons. The van der Waals surface area contributed by atoms with Crippen LogP contribution < -0.4 is 0 Å². The number of nitrogens with zero attached hydrogens (tertiary/aromatic N) is 1. The lowest BCUT2D eigenvalue weighted by Gasteiger charge is -2.27. The second-order valence-corrected chi connectivity index (χ2v) is 5.74. The van der Waals surface area contributed by atoms with Crippen molar-refractivity contribution in [1.82, 2.24) is 9.55 Å². The molecule has 0 atom stereocenters. The number of hydrogen-bond donors (Lipinski definition) is 1. The molecule has 0 saturated heterocycles. The van der Waals surface area contributed by atoms with Gasteiger partial charge in [-0.2, -0.15) is 0 Å². The molecule has 2 aromatic rings. The molecule has 1 heterocycles. The lowest BCUT2D eigenvalue weighted by atomic mass is 9.98. The van der Waals surface area contributed by atoms with E-state index >= 15 is 0 Å². The van der Waals surface area contributed by atoms with E-state index in [1.807, 2.05) is 0 Å². The predicted molar refractivity (Wildman–Crippen MR) is 69.1 cm³/mol. The SMILES string of the molecule is CC(C)(C1CC1)n1c(=S)[nH]c2ccc(F)cc21. The Balaban J connectivity index is 2.31. The van der Waals surface area contributed by atoms with E-state index in [0.29, 0.717) is 10.7 Å². The van der Waals surface area contributed by atoms with Crippen molar-refractivity contribution < 1.29 is 4.39 Å². The second-order valence-electron chi connectivity index (χ2n) is 5.35. The van der Waals surface area contributed by atoms with Gasteiger partial charge in [-0.15, -0.1) is 0 Å². The van der Waals surface area contributed by atoms with E-state index in [4.69, 9.17) is 12.2 Å². The quantitative estimate of drug-likeness (QED) is 0.799. The van der Waals surface area contributed by atoms with Crippen LogP contribution in [0.5, 0.6) is 0 Å². The van der Waals surface area contributed by atoms with Gasteiger partial charge in [-0.3, -0.25) is 0 Å². The third-order valence-corrected chi connectivity index (χ3v) is 4.08. The van der Waals surface area contributed by atoms with Gasteiger partial charge in [-0.05, 0) is 63.0 Å². The topological polar surface area (TPSA) is 20.7 Å². The van der Waals surface area contributed by atoms with Gasteiger partial charge < -0.3 is 9.55 Å². The van der Waals surface area contributed by atoms with Gasteiger partial charge in [0.2, 0.25) is 0 Å². The summed E-state index contributed by atoms with van der Waals surface area (Å²) in [6.45, 7) is 4.36. The molecule has 90 valence electrons. The summed E-state index contributed by atoms with van der Waals surface area (Å²) < 4.78 is 16.1. The van der Waals surface area contributed by atoms with Crippen molar-refractivity contribution in [3.63, 3.8) is 0 Å². The van der Waals surface area contributed by atoms with E-state index in [-0.39, 0.29) is 11.4 Å². The highest BCUT2D eigenvalue weighted by molar-refractivity contribution is 7.71. The summed E-state index contributed by atoms with van der Waals surface area (Å²) in [5, 5.41) is 0. The fourth-order valence-corrected chi connectivity index (χ4v) is 3.06. The van der Waals surface area contributed by atoms with Gasteiger partial charge in [-0.1, -0.05) is 0 Å². The monoisotopic (exact) mass is 250 g/mol. The molecule has 0 amide bonds. The standard InChI is InChI=1S/C13H15FN2S/c1-13(2,8-3-4-8)16-11-7-9(14)5-6-10(11)15-12(16)17/h5-8H,3-4H2,1-2H3,(H,15,17). The molecule has 0 unspecified atom stereocenters. The maximum Gasteiger partial charge on any atom is 0.178 e. The summed E-state index contributed by atoms with van der Waals surface area (Å²) in [6.07, 6.45) is 2.47. The number of halogens is 1. The molecular weight excluding hydrogens is 235 g/mol. The van der Waals surface area contributed by atoms with Crippen LogP contribution in [0.1, 0.15) is 26.7 Å². The molecular formula is C13H15FN2S. The molecule has 1 aromatic carbocycles. The first-order valence-electron chi connectivity index (χ1n) is 5.91. The van der Waals surface area contributed by atoms with Crippen molar-refractivity contribution >= 4 is 23.3 Å². The lowest BCUT2D eigenvalue weighted by molar-refractivity contribution is 0.310. The summed E-state index contributed by atoms with van der Waals surface area (Å²) in [4.78, 5) is 3.15. The van der Waals surface area contributed by atoms with Crippen molar-refractivity contribution in [3.8, 4) is 0 Å². The minimum absolute atomic E-state index is 0.0386. The van der Waals surface area contributed by atoms with Crippen LogP contribution >= 0.6 is 12.2 Å². The highest BCUT2D eigenvalue weighted by Crippen LogP contribution is 2.45. The Morgan fingerprint density at radius 2 is 2.12 bits per heavy atom. The maximum atomic E-state index is 13.4. The molecule has 0 bridgehead atoms. The van der Waals surface area contributed by atoms with E-state index in [0.717, 1.165) is 11.0 Å². The van der Waals surface area contributed by atoms with Crippen LogP contribution in [0.25, 0.3) is 11.0 Å². The maximum absolute atomic E-state index is 13.4. The van der Waals surface area contributed by atoms with Crippen LogP contribution in [0.3, 0.4) is 0 Å². The molecule has 4 heteroatoms. The number of H-pyrrole nitrogens is 1. The Morgan fingerprint density at radius 1 is 1.41 bits per heavy atom. The minimum atomic E-state index is -0.216. The average Bonchev–Trinajstić information content (AvgIpc) is 3.02. The second kappa shape index (κ2) is 3.42. The molecule has 0 spiro atoms. The van der Waals surface area contributed by atoms with Crippen molar-refractivity contribution in [2.24, 2.45) is 5.92 Å². The third-order valence-electron chi connectivity index (χ3n) is 3.80. The van der Waals surface area contributed by atoms with Crippen LogP contribution in [0.15, 0.2) is 18.2 Å². The Bertz CT molecular complexity index is 634. The van der Waals surface area contributed by atoms with E-state index in [1.165, 1.54) is 18.9 Å². The number of rotatable bonds is 2. The van der Waals surface area contributed by atoms with E-state index < -0.39 is 0 Å². The Kier molecular flexibility index (Phi) is 2.20. The summed E-state index contributed by atoms with van der Waals surface area (Å²) in [5.41, 5.74) is 1.74. The van der Waals surface area contributed by atoms with Crippen LogP contribution in [0, 0.1) is 16.5 Å². The van der Waals surface area contributed by atoms with Crippen LogP contribution in [-0.4, -0.2) is 9.55 Å². The van der Waals surface area contributed by atoms with Gasteiger partial charge >= 0.3 is 0 Å². The highest BCUT2D eigenvalue weighted by Gasteiger charge is 2.40. The fourth-order valence-electron chi connectivity index (χ4n) is 2.62. The molecule has 1 aromatic heterocycles. The number of aromatic amines is 1. The molecule has 1 N–H and O–H groups in total. The molecule has 1 aliphatic carbocycles. The number of hydrogen-bond acceptors (Lipinski definition) is 1. The summed E-state index contributed by atoms with van der Waals surface area (Å²) >= 11 is 5.38. The molecule has 17 heavy (non-hydrogen) atoms. The first-order chi connectivity index (χ1) is 8.00. The van der Waals surface area contributed by atoms with Crippen molar-refractivity contribution in [1.29, 1.82) is 0 Å². The van der Waals surface area contributed by atoms with Crippen molar-refractivity contribution in [3.05, 3.63) is 28.8 Å². The summed E-state index contributed by atoms with van der Waals surface area (Å²) in [6, 6.07) is 4.77. The lowest BCUT2D eigenvalue weighted by Crippen LogP contribution is -2.28. The van der Waals surface area contributed by atoms with Crippen molar-refractivity contribution in [2.75, 3.05) is 0 Å². The Morgan fingerprint density at radius 3 is 2.76 bits per heavy atom. The number of nitrogens with one attached hydrogen (secondary N) is 1. The van der Waals surface area contributed by atoms with E-state index in [1.54, 1.807) is 12.1 Å². The van der Waals surface area contributed by atoms with Crippen molar-refractivity contribution in [2.45, 2.75) is 32.2 Å². The molecule has 2 nitrogen and oxygen atoms in total. The van der Waals surface area contributed by atoms with E-state index in [9.17, 15) is 4.39 Å². The first kappa shape index (κ1) is 11.0. The molecule has 1 saturated carbocycles. The summed E-state index contributed by atoms with van der Waals surface area (Å²) in [5.74, 6) is 0.434. The zero-order valence-electron chi connectivity index (χ0n) is 9.96. The number of benzene rings is 1. The summed E-state index contributed by atoms with van der Waals surface area (Å²) in [7, 11) is 0. The van der Waals surface area contributed by atoms with Crippen LogP contribution in [0.2, 0.25) is 0 Å². The Hall–Kier alpha value is -1.16. The zero-order valence-corrected chi connectivity index (χ0v) is 10.8. The van der Waals surface area contributed by atoms with Gasteiger partial charge in [0.05, 0.1) is 11.0 Å². The fraction of sp³-hybridized carbons (Fsp3) is 0.462. The Labute approximate surface area is 104 Å². The zero-order chi connectivity index (χ0) is 12.2. The minimum Gasteiger partial charge on any atom is -0.331 e. The predicted octanol–water partition coefficient (Wildman–Crippen LogP) is 3.98. The number of fused-ring (bicyclic) bond motifs is 1. The van der Waals surface area contributed by atoms with Gasteiger partial charge in [-0.25, -0.2) is 4.39 Å². The smallest absolute Gasteiger partial charge is 0.178 e. The molecule has 3 rings (SSSR count). The number of imidazole rings is 1. The van der Waals surface area contributed by atoms with Gasteiger partial charge in [0.25, 0.3) is 0 Å². The average molecular weight is 250 g/mol. The first-order valence-corrected chi connectivity index (χ1v) is 6.32. The van der Waals surface area contributed by atoms with Gasteiger partial charge in [0.1, 0.15) is 5.82 Å². The normalized spacial score (nSPS) is 16.6. The van der Waals surface area contributed by atoms with E-state index in [2.05, 4.69) is 23.4 Å². The molecule has 0 aliphatic heterocycles. The molecule has 1 fully saturated rings. The third kappa shape index (κ3) is 1.62. The highest BCUT2D eigenvalue weighted by atomic mass is 32.1. The van der Waals surface area contributed by atoms with Crippen LogP contribution in [-0.2, 0) is 5.54 Å². The van der Waals surface area contributed by atoms with Gasteiger partial charge in [0.15, 0.2) is 4.77 Å². The largest absolute Gasteiger partial charge is 0.331 e.